The Bertz CT molecular complexity index is 745. The number of halogens is 2. The number of hydrogen-bond donors (Lipinski definition) is 3. The van der Waals surface area contributed by atoms with Gasteiger partial charge in [-0.2, -0.15) is 0 Å². The average Bonchev–Trinajstić information content (AvgIpc) is 2.54. The van der Waals surface area contributed by atoms with Gasteiger partial charge in [0.2, 0.25) is 0 Å². The highest BCUT2D eigenvalue weighted by Gasteiger charge is 2.21. The highest BCUT2D eigenvalue weighted by Crippen LogP contribution is 2.14. The van der Waals surface area contributed by atoms with Crippen molar-refractivity contribution in [2.45, 2.75) is 19.4 Å². The quantitative estimate of drug-likeness (QED) is 0.733. The number of rotatable bonds is 5. The minimum atomic E-state index is -0.580. The topological polar surface area (TPSA) is 110 Å². The van der Waals surface area contributed by atoms with Gasteiger partial charge in [-0.25, -0.2) is 9.97 Å². The van der Waals surface area contributed by atoms with Gasteiger partial charge in [-0.15, -0.1) is 12.4 Å². The first kappa shape index (κ1) is 20.8. The Kier molecular flexibility index (Phi) is 7.29. The number of anilines is 1. The van der Waals surface area contributed by atoms with E-state index >= 15 is 0 Å². The maximum absolute atomic E-state index is 12.4. The number of carbonyl (C=O) groups is 2. The van der Waals surface area contributed by atoms with Gasteiger partial charge in [-0.05, 0) is 38.1 Å². The summed E-state index contributed by atoms with van der Waals surface area (Å²) >= 11 is 5.81. The maximum Gasteiger partial charge on any atom is 0.276 e. The molecule has 0 bridgehead atoms. The summed E-state index contributed by atoms with van der Waals surface area (Å²) in [5, 5.41) is 5.84. The van der Waals surface area contributed by atoms with Crippen LogP contribution in [-0.2, 0) is 0 Å². The zero-order chi connectivity index (χ0) is 17.7. The highest BCUT2D eigenvalue weighted by molar-refractivity contribution is 6.30. The standard InChI is InChI=1S/C16H18ClN5O2.ClH/c1-16(2,18)9-21-14(23)12-13(20-8-7-19-12)15(24)22-11-5-3-10(17)4-6-11;/h3-8H,9,18H2,1-2H3,(H,21,23)(H,22,24);1H. The van der Waals surface area contributed by atoms with Crippen LogP contribution in [-0.4, -0.2) is 33.9 Å². The van der Waals surface area contributed by atoms with Gasteiger partial charge in [0.05, 0.1) is 0 Å². The molecule has 0 saturated carbocycles. The third-order valence-corrected chi connectivity index (χ3v) is 3.19. The van der Waals surface area contributed by atoms with Crippen LogP contribution >= 0.6 is 24.0 Å². The fraction of sp³-hybridized carbons (Fsp3) is 0.250. The van der Waals surface area contributed by atoms with E-state index in [1.165, 1.54) is 12.4 Å². The van der Waals surface area contributed by atoms with Crippen LogP contribution in [0.15, 0.2) is 36.7 Å². The maximum atomic E-state index is 12.4. The molecule has 134 valence electrons. The van der Waals surface area contributed by atoms with E-state index in [2.05, 4.69) is 20.6 Å². The van der Waals surface area contributed by atoms with E-state index in [1.807, 2.05) is 0 Å². The van der Waals surface area contributed by atoms with Gasteiger partial charge in [0.1, 0.15) is 0 Å². The Balaban J connectivity index is 0.00000312. The lowest BCUT2D eigenvalue weighted by molar-refractivity contribution is 0.0926. The fourth-order valence-electron chi connectivity index (χ4n) is 1.79. The summed E-state index contributed by atoms with van der Waals surface area (Å²) in [4.78, 5) is 32.5. The molecule has 9 heteroatoms. The molecule has 2 rings (SSSR count). The van der Waals surface area contributed by atoms with Crippen LogP contribution in [0.5, 0.6) is 0 Å². The summed E-state index contributed by atoms with van der Waals surface area (Å²) < 4.78 is 0. The molecule has 2 amide bonds. The Morgan fingerprint density at radius 2 is 1.60 bits per heavy atom. The van der Waals surface area contributed by atoms with Gasteiger partial charge in [0.25, 0.3) is 11.8 Å². The Hall–Kier alpha value is -2.22. The molecule has 0 radical (unpaired) electrons. The predicted molar refractivity (Wildman–Crippen MR) is 99.3 cm³/mol. The molecule has 0 aliphatic carbocycles. The van der Waals surface area contributed by atoms with Gasteiger partial charge in [-0.1, -0.05) is 11.6 Å². The summed E-state index contributed by atoms with van der Waals surface area (Å²) in [6, 6.07) is 6.58. The van der Waals surface area contributed by atoms with Crippen LogP contribution in [0.25, 0.3) is 0 Å². The molecule has 25 heavy (non-hydrogen) atoms. The lowest BCUT2D eigenvalue weighted by Crippen LogP contribution is -2.45. The third kappa shape index (κ3) is 6.30. The number of carbonyl (C=O) groups excluding carboxylic acids is 2. The molecule has 0 saturated heterocycles. The lowest BCUT2D eigenvalue weighted by Gasteiger charge is -2.19. The van der Waals surface area contributed by atoms with Crippen molar-refractivity contribution in [3.63, 3.8) is 0 Å². The third-order valence-electron chi connectivity index (χ3n) is 2.94. The van der Waals surface area contributed by atoms with Crippen LogP contribution < -0.4 is 16.4 Å². The molecule has 2 aromatic rings. The van der Waals surface area contributed by atoms with Crippen molar-refractivity contribution in [2.75, 3.05) is 11.9 Å². The largest absolute Gasteiger partial charge is 0.349 e. The van der Waals surface area contributed by atoms with Crippen LogP contribution in [0.1, 0.15) is 34.8 Å². The van der Waals surface area contributed by atoms with E-state index in [-0.39, 0.29) is 30.3 Å². The first-order chi connectivity index (χ1) is 11.3. The van der Waals surface area contributed by atoms with Crippen molar-refractivity contribution in [2.24, 2.45) is 5.73 Å². The molecule has 0 spiro atoms. The molecule has 0 unspecified atom stereocenters. The number of benzene rings is 1. The number of aromatic nitrogens is 2. The molecular weight excluding hydrogens is 365 g/mol. The van der Waals surface area contributed by atoms with Gasteiger partial charge >= 0.3 is 0 Å². The first-order valence-corrected chi connectivity index (χ1v) is 7.59. The Morgan fingerprint density at radius 3 is 2.12 bits per heavy atom. The van der Waals surface area contributed by atoms with Crippen LogP contribution in [0.4, 0.5) is 5.69 Å². The molecule has 7 nitrogen and oxygen atoms in total. The van der Waals surface area contributed by atoms with Crippen LogP contribution in [0, 0.1) is 0 Å². The van der Waals surface area contributed by atoms with E-state index in [0.717, 1.165) is 0 Å². The van der Waals surface area contributed by atoms with E-state index < -0.39 is 17.4 Å². The van der Waals surface area contributed by atoms with E-state index in [0.29, 0.717) is 10.7 Å². The van der Waals surface area contributed by atoms with Gasteiger partial charge < -0.3 is 16.4 Å². The van der Waals surface area contributed by atoms with Crippen molar-refractivity contribution in [3.05, 3.63) is 53.1 Å². The summed E-state index contributed by atoms with van der Waals surface area (Å²) in [6.07, 6.45) is 2.70. The predicted octanol–water partition coefficient (Wildman–Crippen LogP) is 2.27. The molecule has 0 atom stereocenters. The SMILES string of the molecule is CC(C)(N)CNC(=O)c1nccnc1C(=O)Nc1ccc(Cl)cc1.Cl. The summed E-state index contributed by atoms with van der Waals surface area (Å²) in [7, 11) is 0. The van der Waals surface area contributed by atoms with Crippen molar-refractivity contribution >= 4 is 41.5 Å². The molecule has 1 aromatic heterocycles. The number of amides is 2. The minimum absolute atomic E-state index is 0. The second-order valence-corrected chi connectivity index (χ2v) is 6.32. The number of hydrogen-bond acceptors (Lipinski definition) is 5. The van der Waals surface area contributed by atoms with Crippen molar-refractivity contribution in [1.29, 1.82) is 0 Å². The lowest BCUT2D eigenvalue weighted by atomic mass is 10.1. The zero-order valence-corrected chi connectivity index (χ0v) is 15.3. The molecule has 0 fully saturated rings. The second kappa shape index (κ2) is 8.75. The van der Waals surface area contributed by atoms with Gasteiger partial charge in [-0.3, -0.25) is 9.59 Å². The van der Waals surface area contributed by atoms with E-state index in [1.54, 1.807) is 38.1 Å². The average molecular weight is 384 g/mol. The van der Waals surface area contributed by atoms with E-state index in [4.69, 9.17) is 17.3 Å². The summed E-state index contributed by atoms with van der Waals surface area (Å²) in [5.74, 6) is -1.05. The van der Waals surface area contributed by atoms with Crippen molar-refractivity contribution < 1.29 is 9.59 Å². The smallest absolute Gasteiger partial charge is 0.276 e. The molecule has 0 aliphatic heterocycles. The van der Waals surface area contributed by atoms with Crippen molar-refractivity contribution in [3.8, 4) is 0 Å². The number of nitrogens with one attached hydrogen (secondary N) is 2. The first-order valence-electron chi connectivity index (χ1n) is 7.21. The van der Waals surface area contributed by atoms with Crippen LogP contribution in [0.3, 0.4) is 0 Å². The fourth-order valence-corrected chi connectivity index (χ4v) is 1.91. The summed E-state index contributed by atoms with van der Waals surface area (Å²) in [5.41, 5.74) is 5.65. The molecular formula is C16H19Cl2N5O2. The molecule has 1 heterocycles. The zero-order valence-electron chi connectivity index (χ0n) is 13.7. The Morgan fingerprint density at radius 1 is 1.08 bits per heavy atom. The molecule has 4 N–H and O–H groups in total. The van der Waals surface area contributed by atoms with Gasteiger partial charge in [0.15, 0.2) is 11.4 Å². The highest BCUT2D eigenvalue weighted by atomic mass is 35.5. The minimum Gasteiger partial charge on any atom is -0.349 e. The molecule has 0 aliphatic rings. The van der Waals surface area contributed by atoms with Crippen molar-refractivity contribution in [1.82, 2.24) is 15.3 Å². The van der Waals surface area contributed by atoms with Gasteiger partial charge in [0, 0.05) is 35.2 Å². The summed E-state index contributed by atoms with van der Waals surface area (Å²) in [6.45, 7) is 3.79. The second-order valence-electron chi connectivity index (χ2n) is 5.89. The Labute approximate surface area is 156 Å². The van der Waals surface area contributed by atoms with E-state index in [9.17, 15) is 9.59 Å². The number of nitrogens with two attached hydrogens (primary N) is 1. The van der Waals surface area contributed by atoms with Crippen LogP contribution in [0.2, 0.25) is 5.02 Å². The normalized spacial score (nSPS) is 10.6. The monoisotopic (exact) mass is 383 g/mol. The molecule has 1 aromatic carbocycles. The number of nitrogens with zero attached hydrogens (tertiary/aromatic N) is 2.